The van der Waals surface area contributed by atoms with E-state index in [-0.39, 0.29) is 6.04 Å². The first-order valence-electron chi connectivity index (χ1n) is 6.80. The van der Waals surface area contributed by atoms with Crippen LogP contribution in [0.15, 0.2) is 23.6 Å². The van der Waals surface area contributed by atoms with Crippen molar-refractivity contribution in [2.75, 3.05) is 20.8 Å². The predicted molar refractivity (Wildman–Crippen MR) is 96.8 cm³/mol. The molecule has 0 bridgehead atoms. The van der Waals surface area contributed by atoms with Gasteiger partial charge in [0.1, 0.15) is 0 Å². The van der Waals surface area contributed by atoms with Gasteiger partial charge in [0, 0.05) is 0 Å². The van der Waals surface area contributed by atoms with Crippen molar-refractivity contribution in [3.8, 4) is 11.5 Å². The standard InChI is InChI=1S/C16H20INO2S/c1-5-18-16(11-7-15(17)21-9-11)12-8-14(20-4)13(19-3)6-10(12)2/h6-9,16,18H,5H2,1-4H3. The number of benzene rings is 1. The Morgan fingerprint density at radius 1 is 1.19 bits per heavy atom. The Kier molecular flexibility index (Phi) is 5.89. The van der Waals surface area contributed by atoms with Gasteiger partial charge < -0.3 is 14.8 Å². The topological polar surface area (TPSA) is 30.5 Å². The van der Waals surface area contributed by atoms with Gasteiger partial charge in [0.25, 0.3) is 0 Å². The third-order valence-electron chi connectivity index (χ3n) is 3.41. The van der Waals surface area contributed by atoms with Crippen molar-refractivity contribution >= 4 is 33.9 Å². The Morgan fingerprint density at radius 2 is 1.86 bits per heavy atom. The predicted octanol–water partition coefficient (Wildman–Crippen LogP) is 4.38. The number of ether oxygens (including phenoxy) is 2. The number of halogens is 1. The maximum atomic E-state index is 5.45. The molecule has 0 saturated carbocycles. The van der Waals surface area contributed by atoms with Gasteiger partial charge in [-0.25, -0.2) is 0 Å². The van der Waals surface area contributed by atoms with Crippen LogP contribution in [0.25, 0.3) is 0 Å². The second kappa shape index (κ2) is 7.47. The van der Waals surface area contributed by atoms with Crippen molar-refractivity contribution < 1.29 is 9.47 Å². The van der Waals surface area contributed by atoms with Crippen LogP contribution in [0.2, 0.25) is 0 Å². The van der Waals surface area contributed by atoms with Gasteiger partial charge in [0.15, 0.2) is 11.5 Å². The SMILES string of the molecule is CCNC(c1csc(I)c1)c1cc(OC)c(OC)cc1C. The molecule has 0 fully saturated rings. The van der Waals surface area contributed by atoms with Crippen molar-refractivity contribution in [1.82, 2.24) is 5.32 Å². The summed E-state index contributed by atoms with van der Waals surface area (Å²) in [5, 5.41) is 5.78. The minimum atomic E-state index is 0.176. The van der Waals surface area contributed by atoms with E-state index in [1.54, 1.807) is 25.6 Å². The zero-order valence-electron chi connectivity index (χ0n) is 12.7. The van der Waals surface area contributed by atoms with Crippen molar-refractivity contribution in [3.63, 3.8) is 0 Å². The van der Waals surface area contributed by atoms with E-state index in [1.807, 2.05) is 6.07 Å². The minimum absolute atomic E-state index is 0.176. The molecule has 1 atom stereocenters. The largest absolute Gasteiger partial charge is 0.493 e. The highest BCUT2D eigenvalue weighted by atomic mass is 127. The summed E-state index contributed by atoms with van der Waals surface area (Å²) >= 11 is 4.13. The van der Waals surface area contributed by atoms with Gasteiger partial charge in [-0.2, -0.15) is 0 Å². The second-order valence-corrected chi connectivity index (χ2v) is 7.54. The summed E-state index contributed by atoms with van der Waals surface area (Å²) in [6.07, 6.45) is 0. The van der Waals surface area contributed by atoms with Gasteiger partial charge in [-0.15, -0.1) is 11.3 Å². The molecule has 1 N–H and O–H groups in total. The van der Waals surface area contributed by atoms with E-state index in [1.165, 1.54) is 19.6 Å². The van der Waals surface area contributed by atoms with Crippen molar-refractivity contribution in [3.05, 3.63) is 43.2 Å². The first-order chi connectivity index (χ1) is 10.1. The van der Waals surface area contributed by atoms with Crippen LogP contribution in [0.4, 0.5) is 0 Å². The molecule has 5 heteroatoms. The van der Waals surface area contributed by atoms with Crippen molar-refractivity contribution in [1.29, 1.82) is 0 Å². The van der Waals surface area contributed by atoms with Gasteiger partial charge in [0.2, 0.25) is 0 Å². The zero-order chi connectivity index (χ0) is 15.4. The second-order valence-electron chi connectivity index (χ2n) is 4.74. The monoisotopic (exact) mass is 417 g/mol. The molecule has 1 aromatic carbocycles. The average Bonchev–Trinajstić information content (AvgIpc) is 2.91. The van der Waals surface area contributed by atoms with Gasteiger partial charge in [-0.3, -0.25) is 0 Å². The fraction of sp³-hybridized carbons (Fsp3) is 0.375. The lowest BCUT2D eigenvalue weighted by Crippen LogP contribution is -2.22. The quantitative estimate of drug-likeness (QED) is 0.708. The van der Waals surface area contributed by atoms with Crippen LogP contribution in [0, 0.1) is 9.81 Å². The molecule has 21 heavy (non-hydrogen) atoms. The van der Waals surface area contributed by atoms with E-state index in [9.17, 15) is 0 Å². The number of rotatable bonds is 6. The fourth-order valence-electron chi connectivity index (χ4n) is 2.39. The number of hydrogen-bond acceptors (Lipinski definition) is 4. The fourth-order valence-corrected chi connectivity index (χ4v) is 3.79. The Balaban J connectivity index is 2.49. The third kappa shape index (κ3) is 3.70. The number of aryl methyl sites for hydroxylation is 1. The highest BCUT2D eigenvalue weighted by Gasteiger charge is 2.19. The molecule has 1 heterocycles. The molecule has 1 aromatic heterocycles. The van der Waals surface area contributed by atoms with Gasteiger partial charge in [-0.05, 0) is 76.3 Å². The number of hydrogen-bond donors (Lipinski definition) is 1. The molecule has 0 amide bonds. The molecule has 3 nitrogen and oxygen atoms in total. The molecule has 0 aliphatic carbocycles. The lowest BCUT2D eigenvalue weighted by molar-refractivity contribution is 0.354. The minimum Gasteiger partial charge on any atom is -0.493 e. The number of methoxy groups -OCH3 is 2. The van der Waals surface area contributed by atoms with Crippen LogP contribution in [0.1, 0.15) is 29.7 Å². The molecule has 2 aromatic rings. The van der Waals surface area contributed by atoms with E-state index in [4.69, 9.17) is 9.47 Å². The molecule has 0 spiro atoms. The van der Waals surface area contributed by atoms with E-state index in [2.05, 4.69) is 59.3 Å². The molecule has 2 rings (SSSR count). The van der Waals surface area contributed by atoms with E-state index < -0.39 is 0 Å². The molecule has 0 radical (unpaired) electrons. The molecular weight excluding hydrogens is 397 g/mol. The van der Waals surface area contributed by atoms with E-state index in [0.717, 1.165) is 18.0 Å². The molecule has 0 aliphatic rings. The smallest absolute Gasteiger partial charge is 0.161 e. The Labute approximate surface area is 143 Å². The normalized spacial score (nSPS) is 12.2. The summed E-state index contributed by atoms with van der Waals surface area (Å²) in [4.78, 5) is 0. The average molecular weight is 417 g/mol. The zero-order valence-corrected chi connectivity index (χ0v) is 15.7. The van der Waals surface area contributed by atoms with E-state index >= 15 is 0 Å². The molecule has 1 unspecified atom stereocenters. The molecule has 0 aliphatic heterocycles. The maximum absolute atomic E-state index is 5.45. The maximum Gasteiger partial charge on any atom is 0.161 e. The first-order valence-corrected chi connectivity index (χ1v) is 8.76. The Bertz CT molecular complexity index is 612. The Hall–Kier alpha value is -0.790. The van der Waals surface area contributed by atoms with Crippen LogP contribution in [0.5, 0.6) is 11.5 Å². The first kappa shape index (κ1) is 16.6. The molecule has 0 saturated heterocycles. The highest BCUT2D eigenvalue weighted by Crippen LogP contribution is 2.36. The van der Waals surface area contributed by atoms with Crippen molar-refractivity contribution in [2.24, 2.45) is 0 Å². The van der Waals surface area contributed by atoms with E-state index in [0.29, 0.717) is 0 Å². The molecular formula is C16H20INO2S. The van der Waals surface area contributed by atoms with Crippen LogP contribution < -0.4 is 14.8 Å². The van der Waals surface area contributed by atoms with Crippen LogP contribution in [-0.4, -0.2) is 20.8 Å². The van der Waals surface area contributed by atoms with Crippen LogP contribution in [0.3, 0.4) is 0 Å². The summed E-state index contributed by atoms with van der Waals surface area (Å²) in [5.74, 6) is 1.54. The summed E-state index contributed by atoms with van der Waals surface area (Å²) < 4.78 is 12.1. The van der Waals surface area contributed by atoms with Crippen molar-refractivity contribution in [2.45, 2.75) is 19.9 Å². The summed E-state index contributed by atoms with van der Waals surface area (Å²) in [6.45, 7) is 5.14. The summed E-state index contributed by atoms with van der Waals surface area (Å²) in [6, 6.07) is 6.52. The third-order valence-corrected chi connectivity index (χ3v) is 5.22. The van der Waals surface area contributed by atoms with Crippen LogP contribution >= 0.6 is 33.9 Å². The van der Waals surface area contributed by atoms with Crippen LogP contribution in [-0.2, 0) is 0 Å². The van der Waals surface area contributed by atoms with Gasteiger partial charge >= 0.3 is 0 Å². The number of nitrogens with one attached hydrogen (secondary N) is 1. The number of thiophene rings is 1. The highest BCUT2D eigenvalue weighted by molar-refractivity contribution is 14.1. The van der Waals surface area contributed by atoms with Gasteiger partial charge in [0.05, 0.1) is 23.1 Å². The Morgan fingerprint density at radius 3 is 2.38 bits per heavy atom. The lowest BCUT2D eigenvalue weighted by atomic mass is 9.96. The molecule has 114 valence electrons. The van der Waals surface area contributed by atoms with Gasteiger partial charge in [-0.1, -0.05) is 6.92 Å². The summed E-state index contributed by atoms with van der Waals surface area (Å²) in [7, 11) is 3.34. The lowest BCUT2D eigenvalue weighted by Gasteiger charge is -2.21. The summed E-state index contributed by atoms with van der Waals surface area (Å²) in [5.41, 5.74) is 3.71.